The highest BCUT2D eigenvalue weighted by Gasteiger charge is 2.37. The molecule has 2 aliphatic rings. The van der Waals surface area contributed by atoms with Gasteiger partial charge in [-0.15, -0.1) is 0 Å². The number of aromatic nitrogens is 6. The number of ether oxygens (including phenoxy) is 1. The lowest BCUT2D eigenvalue weighted by Crippen LogP contribution is -2.46. The first kappa shape index (κ1) is 31.9. The molecule has 1 aliphatic carbocycles. The Morgan fingerprint density at radius 3 is 2.41 bits per heavy atom. The fourth-order valence-corrected chi connectivity index (χ4v) is 6.32. The molecule has 0 spiro atoms. The van der Waals surface area contributed by atoms with Gasteiger partial charge in [-0.25, -0.2) is 24.2 Å². The van der Waals surface area contributed by atoms with Crippen LogP contribution in [-0.4, -0.2) is 77.3 Å². The van der Waals surface area contributed by atoms with Crippen LogP contribution in [0.4, 0.5) is 13.2 Å². The van der Waals surface area contributed by atoms with Gasteiger partial charge in [0.25, 0.3) is 11.5 Å². The molecule has 4 aromatic rings. The molecule has 0 N–H and O–H groups in total. The van der Waals surface area contributed by atoms with E-state index in [9.17, 15) is 22.8 Å². The van der Waals surface area contributed by atoms with Crippen LogP contribution in [0.2, 0.25) is 0 Å². The average molecular weight is 702 g/mol. The average Bonchev–Trinajstić information content (AvgIpc) is 3.31. The van der Waals surface area contributed by atoms with E-state index in [-0.39, 0.29) is 41.0 Å². The molecule has 0 saturated heterocycles. The van der Waals surface area contributed by atoms with Crippen molar-refractivity contribution in [2.24, 2.45) is 0 Å². The normalized spacial score (nSPS) is 19.6. The summed E-state index contributed by atoms with van der Waals surface area (Å²) in [6, 6.07) is 5.17. The molecular weight excluding hydrogens is 669 g/mol. The molecule has 1 aromatic carbocycles. The third-order valence-electron chi connectivity index (χ3n) is 8.49. The van der Waals surface area contributed by atoms with Gasteiger partial charge in [0, 0.05) is 33.4 Å². The van der Waals surface area contributed by atoms with Gasteiger partial charge in [0.2, 0.25) is 11.9 Å². The number of amides is 1. The summed E-state index contributed by atoms with van der Waals surface area (Å²) in [5, 5.41) is 4.53. The summed E-state index contributed by atoms with van der Waals surface area (Å²) < 4.78 is 49.4. The molecule has 1 atom stereocenters. The second-order valence-corrected chi connectivity index (χ2v) is 12.9. The van der Waals surface area contributed by atoms with Gasteiger partial charge in [-0.05, 0) is 78.4 Å². The third kappa shape index (κ3) is 5.93. The molecule has 46 heavy (non-hydrogen) atoms. The lowest BCUT2D eigenvalue weighted by molar-refractivity contribution is -0.138. The van der Waals surface area contributed by atoms with E-state index < -0.39 is 29.2 Å². The van der Waals surface area contributed by atoms with E-state index in [1.165, 1.54) is 38.7 Å². The molecular formula is C31H32BrF3N8O3. The first-order valence-electron chi connectivity index (χ1n) is 14.7. The van der Waals surface area contributed by atoms with Crippen LogP contribution in [0.3, 0.4) is 0 Å². The largest absolute Gasteiger partial charge is 0.487 e. The van der Waals surface area contributed by atoms with Crippen molar-refractivity contribution in [2.75, 3.05) is 14.1 Å². The Bertz CT molecular complexity index is 1870. The summed E-state index contributed by atoms with van der Waals surface area (Å²) in [5.74, 6) is 0.0931. The zero-order chi connectivity index (χ0) is 33.1. The summed E-state index contributed by atoms with van der Waals surface area (Å²) in [6.07, 6.45) is 0.391. The fraction of sp³-hybridized carbons (Fsp3) is 0.419. The zero-order valence-electron chi connectivity index (χ0n) is 25.8. The van der Waals surface area contributed by atoms with Crippen molar-refractivity contribution in [1.29, 1.82) is 0 Å². The summed E-state index contributed by atoms with van der Waals surface area (Å²) in [5.41, 5.74) is 0.593. The number of hydrogen-bond donors (Lipinski definition) is 0. The number of hydrogen-bond acceptors (Lipinski definition) is 8. The lowest BCUT2D eigenvalue weighted by Gasteiger charge is -2.39. The van der Waals surface area contributed by atoms with Crippen molar-refractivity contribution in [3.8, 4) is 17.6 Å². The van der Waals surface area contributed by atoms with E-state index >= 15 is 0 Å². The number of fused-ring (bicyclic) bond motifs is 1. The van der Waals surface area contributed by atoms with Crippen LogP contribution < -0.4 is 10.3 Å². The quantitative estimate of drug-likeness (QED) is 0.286. The van der Waals surface area contributed by atoms with Gasteiger partial charge in [0.15, 0.2) is 5.75 Å². The van der Waals surface area contributed by atoms with Gasteiger partial charge in [0.05, 0.1) is 35.9 Å². The molecule has 0 radical (unpaired) electrons. The molecule has 1 aliphatic heterocycles. The molecule has 15 heteroatoms. The number of benzene rings is 1. The van der Waals surface area contributed by atoms with E-state index in [4.69, 9.17) is 9.72 Å². The van der Waals surface area contributed by atoms with Crippen molar-refractivity contribution in [1.82, 2.24) is 39.1 Å². The maximum Gasteiger partial charge on any atom is 0.417 e. The number of nitrogens with zero attached hydrogens (tertiary/aromatic N) is 8. The first-order chi connectivity index (χ1) is 21.7. The minimum atomic E-state index is -4.64. The summed E-state index contributed by atoms with van der Waals surface area (Å²) in [6.45, 7) is 5.28. The number of carbonyl (C=O) groups is 1. The number of halogens is 4. The molecule has 242 valence electrons. The van der Waals surface area contributed by atoms with Gasteiger partial charge in [0.1, 0.15) is 6.10 Å². The van der Waals surface area contributed by atoms with Crippen molar-refractivity contribution in [3.63, 3.8) is 0 Å². The number of carbonyl (C=O) groups excluding carboxylic acids is 1. The van der Waals surface area contributed by atoms with Gasteiger partial charge >= 0.3 is 6.18 Å². The fourth-order valence-electron chi connectivity index (χ4n) is 5.85. The zero-order valence-corrected chi connectivity index (χ0v) is 27.4. The van der Waals surface area contributed by atoms with Gasteiger partial charge < -0.3 is 14.5 Å². The van der Waals surface area contributed by atoms with Crippen LogP contribution in [-0.2, 0) is 19.1 Å². The lowest BCUT2D eigenvalue weighted by atomic mass is 9.88. The van der Waals surface area contributed by atoms with Crippen molar-refractivity contribution < 1.29 is 22.7 Å². The SMILES string of the molecule is Cc1cc(C)n(-c2nc3c(c(=O)n2-c2ncc(OC4CC(N(C)C)C4)cn2)CC(C)N(C(=O)c2ccc(Br)c(C(F)(F)F)c2)C3)n1. The van der Waals surface area contributed by atoms with Crippen LogP contribution in [0.25, 0.3) is 11.9 Å². The number of rotatable bonds is 6. The second kappa shape index (κ2) is 11.9. The highest BCUT2D eigenvalue weighted by molar-refractivity contribution is 9.10. The second-order valence-electron chi connectivity index (χ2n) is 12.0. The first-order valence-corrected chi connectivity index (χ1v) is 15.5. The molecule has 1 unspecified atom stereocenters. The number of aryl methyl sites for hydroxylation is 2. The highest BCUT2D eigenvalue weighted by atomic mass is 79.9. The Hall–Kier alpha value is -4.11. The Morgan fingerprint density at radius 2 is 1.80 bits per heavy atom. The molecule has 6 rings (SSSR count). The van der Waals surface area contributed by atoms with Crippen LogP contribution in [0.1, 0.15) is 58.3 Å². The van der Waals surface area contributed by atoms with Gasteiger partial charge in [-0.3, -0.25) is 9.59 Å². The summed E-state index contributed by atoms with van der Waals surface area (Å²) in [4.78, 5) is 45.0. The molecule has 1 saturated carbocycles. The van der Waals surface area contributed by atoms with Crippen LogP contribution >= 0.6 is 15.9 Å². The minimum Gasteiger partial charge on any atom is -0.487 e. The molecule has 1 fully saturated rings. The van der Waals surface area contributed by atoms with E-state index in [0.29, 0.717) is 34.4 Å². The maximum absolute atomic E-state index is 14.2. The van der Waals surface area contributed by atoms with E-state index in [2.05, 4.69) is 35.9 Å². The Labute approximate surface area is 271 Å². The Kier molecular flexibility index (Phi) is 8.25. The summed E-state index contributed by atoms with van der Waals surface area (Å²) in [7, 11) is 4.07. The molecule has 0 bridgehead atoms. The van der Waals surface area contributed by atoms with Gasteiger partial charge in [-0.1, -0.05) is 15.9 Å². The van der Waals surface area contributed by atoms with Gasteiger partial charge in [-0.2, -0.15) is 18.3 Å². The monoisotopic (exact) mass is 700 g/mol. The Morgan fingerprint density at radius 1 is 1.11 bits per heavy atom. The van der Waals surface area contributed by atoms with Crippen LogP contribution in [0, 0.1) is 13.8 Å². The Balaban J connectivity index is 1.36. The molecule has 11 nitrogen and oxygen atoms in total. The molecule has 4 heterocycles. The smallest absolute Gasteiger partial charge is 0.417 e. The van der Waals surface area contributed by atoms with Crippen molar-refractivity contribution in [3.05, 3.63) is 85.3 Å². The molecule has 1 amide bonds. The van der Waals surface area contributed by atoms with E-state index in [0.717, 1.165) is 18.9 Å². The van der Waals surface area contributed by atoms with Crippen molar-refractivity contribution in [2.45, 2.75) is 70.9 Å². The van der Waals surface area contributed by atoms with Crippen LogP contribution in [0.5, 0.6) is 5.75 Å². The number of alkyl halides is 3. The topological polar surface area (TPSA) is 111 Å². The van der Waals surface area contributed by atoms with E-state index in [1.54, 1.807) is 6.92 Å². The van der Waals surface area contributed by atoms with E-state index in [1.807, 2.05) is 34.0 Å². The minimum absolute atomic E-state index is 0.0600. The van der Waals surface area contributed by atoms with Crippen molar-refractivity contribution >= 4 is 21.8 Å². The predicted molar refractivity (Wildman–Crippen MR) is 165 cm³/mol. The van der Waals surface area contributed by atoms with Crippen LogP contribution in [0.15, 0.2) is 45.9 Å². The third-order valence-corrected chi connectivity index (χ3v) is 9.18. The standard InChI is InChI=1S/C31H32BrF3N8O3/c1-16-8-18(3)43(39-16)30-38-26-15-41(27(44)19-6-7-25(32)24(10-19)31(33,34)35)17(2)9-23(26)28(45)42(30)29-36-13-22(14-37-29)46-21-11-20(12-21)40(4)5/h6-8,10,13-14,17,20-21H,9,11-12,15H2,1-5H3. The highest BCUT2D eigenvalue weighted by Crippen LogP contribution is 2.36. The maximum atomic E-state index is 14.2. The predicted octanol–water partition coefficient (Wildman–Crippen LogP) is 4.66. The summed E-state index contributed by atoms with van der Waals surface area (Å²) >= 11 is 2.92. The molecule has 3 aromatic heterocycles.